The van der Waals surface area contributed by atoms with E-state index >= 15 is 0 Å². The van der Waals surface area contributed by atoms with Crippen LogP contribution in [0.3, 0.4) is 0 Å². The van der Waals surface area contributed by atoms with Crippen LogP contribution in [0.5, 0.6) is 0 Å². The molecule has 124 valence electrons. The number of hydrogen-bond donors (Lipinski definition) is 1. The fourth-order valence-corrected chi connectivity index (χ4v) is 3.26. The average molecular weight is 324 g/mol. The summed E-state index contributed by atoms with van der Waals surface area (Å²) < 4.78 is 0. The summed E-state index contributed by atoms with van der Waals surface area (Å²) in [4.78, 5) is 29.5. The molecule has 1 amide bonds. The summed E-state index contributed by atoms with van der Waals surface area (Å²) in [5, 5.41) is 9.09. The van der Waals surface area contributed by atoms with Gasteiger partial charge in [-0.05, 0) is 48.1 Å². The minimum atomic E-state index is -0.799. The number of aryl methyl sites for hydroxylation is 1. The van der Waals surface area contributed by atoms with Crippen LogP contribution in [-0.2, 0) is 16.0 Å². The van der Waals surface area contributed by atoms with E-state index in [2.05, 4.69) is 4.98 Å². The fourth-order valence-electron chi connectivity index (χ4n) is 3.26. The lowest BCUT2D eigenvalue weighted by atomic mass is 9.87. The molecule has 0 saturated carbocycles. The van der Waals surface area contributed by atoms with Gasteiger partial charge in [0.25, 0.3) is 0 Å². The molecule has 5 nitrogen and oxygen atoms in total. The Morgan fingerprint density at radius 2 is 1.92 bits per heavy atom. The number of anilines is 1. The van der Waals surface area contributed by atoms with Gasteiger partial charge in [-0.2, -0.15) is 0 Å². The van der Waals surface area contributed by atoms with Crippen molar-refractivity contribution in [1.29, 1.82) is 0 Å². The van der Waals surface area contributed by atoms with E-state index in [9.17, 15) is 9.59 Å². The van der Waals surface area contributed by atoms with Gasteiger partial charge in [-0.25, -0.2) is 0 Å². The first-order valence-corrected chi connectivity index (χ1v) is 8.15. The monoisotopic (exact) mass is 324 g/mol. The van der Waals surface area contributed by atoms with Crippen molar-refractivity contribution in [1.82, 2.24) is 4.98 Å². The number of carboxylic acid groups (broad SMARTS) is 1. The molecule has 0 spiro atoms. The summed E-state index contributed by atoms with van der Waals surface area (Å²) in [5.41, 5.74) is 2.91. The number of carbonyl (C=O) groups is 2. The largest absolute Gasteiger partial charge is 0.481 e. The Bertz CT molecular complexity index is 730. The van der Waals surface area contributed by atoms with Crippen molar-refractivity contribution in [2.75, 3.05) is 11.4 Å². The Labute approximate surface area is 140 Å². The molecule has 1 aliphatic heterocycles. The van der Waals surface area contributed by atoms with Crippen molar-refractivity contribution in [2.45, 2.75) is 31.6 Å². The molecule has 0 radical (unpaired) electrons. The van der Waals surface area contributed by atoms with E-state index in [1.807, 2.05) is 36.4 Å². The fraction of sp³-hybridized carbons (Fsp3) is 0.316. The predicted octanol–water partition coefficient (Wildman–Crippen LogP) is 3.01. The Morgan fingerprint density at radius 1 is 1.17 bits per heavy atom. The zero-order valence-electron chi connectivity index (χ0n) is 13.4. The highest BCUT2D eigenvalue weighted by Crippen LogP contribution is 2.37. The van der Waals surface area contributed by atoms with Crippen LogP contribution in [0.4, 0.5) is 5.69 Å². The third kappa shape index (κ3) is 3.62. The van der Waals surface area contributed by atoms with E-state index in [-0.39, 0.29) is 18.2 Å². The second-order valence-electron chi connectivity index (χ2n) is 6.04. The highest BCUT2D eigenvalue weighted by molar-refractivity contribution is 5.95. The van der Waals surface area contributed by atoms with Gasteiger partial charge in [0.1, 0.15) is 0 Å². The van der Waals surface area contributed by atoms with Crippen LogP contribution in [0.25, 0.3) is 0 Å². The first kappa shape index (κ1) is 16.2. The first-order chi connectivity index (χ1) is 11.6. The van der Waals surface area contributed by atoms with Crippen molar-refractivity contribution < 1.29 is 14.7 Å². The highest BCUT2D eigenvalue weighted by Gasteiger charge is 2.29. The van der Waals surface area contributed by atoms with Crippen LogP contribution in [0.15, 0.2) is 48.8 Å². The molecule has 2 aromatic rings. The maximum absolute atomic E-state index is 12.7. The van der Waals surface area contributed by atoms with Gasteiger partial charge in [0.15, 0.2) is 0 Å². The van der Waals surface area contributed by atoms with E-state index in [0.717, 1.165) is 16.8 Å². The van der Waals surface area contributed by atoms with E-state index in [0.29, 0.717) is 25.8 Å². The SMILES string of the molecule is O=C(O)CC1CCN(C(=O)CCc2ccncc2)c2ccccc21. The van der Waals surface area contributed by atoms with Crippen molar-refractivity contribution in [3.05, 3.63) is 59.9 Å². The Kier molecular flexibility index (Phi) is 4.89. The maximum Gasteiger partial charge on any atom is 0.303 e. The molecule has 0 aliphatic carbocycles. The molecular weight excluding hydrogens is 304 g/mol. The smallest absolute Gasteiger partial charge is 0.303 e. The van der Waals surface area contributed by atoms with Crippen molar-refractivity contribution in [2.24, 2.45) is 0 Å². The Morgan fingerprint density at radius 3 is 2.67 bits per heavy atom. The number of carbonyl (C=O) groups excluding carboxylic acids is 1. The third-order valence-corrected chi connectivity index (χ3v) is 4.47. The maximum atomic E-state index is 12.7. The van der Waals surface area contributed by atoms with Crippen molar-refractivity contribution in [3.63, 3.8) is 0 Å². The second-order valence-corrected chi connectivity index (χ2v) is 6.04. The van der Waals surface area contributed by atoms with Crippen LogP contribution < -0.4 is 4.90 Å². The van der Waals surface area contributed by atoms with Gasteiger partial charge in [-0.15, -0.1) is 0 Å². The number of pyridine rings is 1. The van der Waals surface area contributed by atoms with Crippen molar-refractivity contribution in [3.8, 4) is 0 Å². The molecule has 24 heavy (non-hydrogen) atoms. The zero-order chi connectivity index (χ0) is 16.9. The van der Waals surface area contributed by atoms with Gasteiger partial charge in [-0.3, -0.25) is 14.6 Å². The minimum Gasteiger partial charge on any atom is -0.481 e. The summed E-state index contributed by atoms with van der Waals surface area (Å²) in [5.74, 6) is -0.747. The topological polar surface area (TPSA) is 70.5 Å². The lowest BCUT2D eigenvalue weighted by molar-refractivity contribution is -0.137. The number of benzene rings is 1. The molecule has 5 heteroatoms. The summed E-state index contributed by atoms with van der Waals surface area (Å²) in [6, 6.07) is 11.5. The van der Waals surface area contributed by atoms with E-state index in [4.69, 9.17) is 5.11 Å². The number of para-hydroxylation sites is 1. The number of fused-ring (bicyclic) bond motifs is 1. The number of carboxylic acids is 1. The number of aromatic nitrogens is 1. The molecule has 3 rings (SSSR count). The summed E-state index contributed by atoms with van der Waals surface area (Å²) in [6.07, 6.45) is 5.36. The quantitative estimate of drug-likeness (QED) is 0.918. The van der Waals surface area contributed by atoms with Crippen LogP contribution in [0.1, 0.15) is 36.3 Å². The molecule has 1 aliphatic rings. The first-order valence-electron chi connectivity index (χ1n) is 8.15. The van der Waals surface area contributed by atoms with Crippen LogP contribution in [0, 0.1) is 0 Å². The molecule has 1 aromatic heterocycles. The number of nitrogens with zero attached hydrogens (tertiary/aromatic N) is 2. The summed E-state index contributed by atoms with van der Waals surface area (Å²) in [7, 11) is 0. The van der Waals surface area contributed by atoms with Gasteiger partial charge >= 0.3 is 5.97 Å². The molecule has 0 fully saturated rings. The number of hydrogen-bond acceptors (Lipinski definition) is 3. The Balaban J connectivity index is 1.74. The number of aliphatic carboxylic acids is 1. The molecule has 0 bridgehead atoms. The standard InChI is InChI=1S/C19H20N2O3/c22-18(6-5-14-7-10-20-11-8-14)21-12-9-15(13-19(23)24)16-3-1-2-4-17(16)21/h1-4,7-8,10-11,15H,5-6,9,12-13H2,(H,23,24). The van der Waals surface area contributed by atoms with Crippen LogP contribution in [0.2, 0.25) is 0 Å². The zero-order valence-corrected chi connectivity index (χ0v) is 13.4. The number of rotatable bonds is 5. The summed E-state index contributed by atoms with van der Waals surface area (Å²) >= 11 is 0. The van der Waals surface area contributed by atoms with Gasteiger partial charge in [0.05, 0.1) is 6.42 Å². The molecule has 2 heterocycles. The van der Waals surface area contributed by atoms with Gasteiger partial charge in [0.2, 0.25) is 5.91 Å². The van der Waals surface area contributed by atoms with Crippen LogP contribution >= 0.6 is 0 Å². The Hall–Kier alpha value is -2.69. The minimum absolute atomic E-state index is 0.0250. The average Bonchev–Trinajstić information content (AvgIpc) is 2.60. The number of amides is 1. The van der Waals surface area contributed by atoms with E-state index in [1.165, 1.54) is 0 Å². The predicted molar refractivity (Wildman–Crippen MR) is 91.0 cm³/mol. The van der Waals surface area contributed by atoms with E-state index < -0.39 is 5.97 Å². The lowest BCUT2D eigenvalue weighted by Crippen LogP contribution is -2.37. The van der Waals surface area contributed by atoms with Gasteiger partial charge < -0.3 is 10.0 Å². The highest BCUT2D eigenvalue weighted by atomic mass is 16.4. The van der Waals surface area contributed by atoms with Crippen LogP contribution in [-0.4, -0.2) is 28.5 Å². The molecule has 1 unspecified atom stereocenters. The summed E-state index contributed by atoms with van der Waals surface area (Å²) in [6.45, 7) is 0.574. The second kappa shape index (κ2) is 7.25. The molecule has 0 saturated heterocycles. The van der Waals surface area contributed by atoms with Gasteiger partial charge in [0, 0.05) is 31.0 Å². The molecule has 1 N–H and O–H groups in total. The lowest BCUT2D eigenvalue weighted by Gasteiger charge is -2.34. The van der Waals surface area contributed by atoms with Crippen molar-refractivity contribution >= 4 is 17.6 Å². The molecule has 1 aromatic carbocycles. The third-order valence-electron chi connectivity index (χ3n) is 4.47. The normalized spacial score (nSPS) is 16.5. The van der Waals surface area contributed by atoms with E-state index in [1.54, 1.807) is 17.3 Å². The van der Waals surface area contributed by atoms with Gasteiger partial charge in [-0.1, -0.05) is 18.2 Å². The molecular formula is C19H20N2O3. The molecule has 1 atom stereocenters.